The number of nitrogens with two attached hydrogens (primary N) is 1. The van der Waals surface area contributed by atoms with Crippen LogP contribution < -0.4 is 5.73 Å². The predicted molar refractivity (Wildman–Crippen MR) is 74.6 cm³/mol. The van der Waals surface area contributed by atoms with Crippen molar-refractivity contribution >= 4 is 5.95 Å². The van der Waals surface area contributed by atoms with Gasteiger partial charge < -0.3 is 10.5 Å². The molecule has 0 amide bonds. The van der Waals surface area contributed by atoms with Crippen LogP contribution in [0.5, 0.6) is 0 Å². The highest BCUT2D eigenvalue weighted by atomic mass is 16.5. The number of anilines is 1. The Hall–Kier alpha value is -1.23. The number of aryl methyl sites for hydroxylation is 1. The maximum atomic E-state index is 5.83. The molecule has 1 aromatic rings. The molecule has 106 valence electrons. The summed E-state index contributed by atoms with van der Waals surface area (Å²) in [5.74, 6) is 2.43. The molecule has 5 nitrogen and oxygen atoms in total. The second kappa shape index (κ2) is 5.82. The van der Waals surface area contributed by atoms with Crippen molar-refractivity contribution in [1.29, 1.82) is 0 Å². The van der Waals surface area contributed by atoms with Gasteiger partial charge in [0, 0.05) is 13.5 Å². The van der Waals surface area contributed by atoms with Crippen LogP contribution in [0, 0.1) is 5.92 Å². The molecule has 2 N–H and O–H groups in total. The van der Waals surface area contributed by atoms with Crippen LogP contribution in [0.15, 0.2) is 0 Å². The van der Waals surface area contributed by atoms with Gasteiger partial charge in [-0.05, 0) is 31.6 Å². The van der Waals surface area contributed by atoms with Gasteiger partial charge in [0.25, 0.3) is 0 Å². The monoisotopic (exact) mass is 264 g/mol. The minimum absolute atomic E-state index is 0.308. The van der Waals surface area contributed by atoms with Crippen LogP contribution in [-0.2, 0) is 16.8 Å². The minimum atomic E-state index is -0.378. The summed E-state index contributed by atoms with van der Waals surface area (Å²) in [6, 6.07) is 0. The van der Waals surface area contributed by atoms with E-state index in [1.807, 2.05) is 0 Å². The van der Waals surface area contributed by atoms with Crippen molar-refractivity contribution in [2.45, 2.75) is 58.0 Å². The Kier molecular flexibility index (Phi) is 4.34. The van der Waals surface area contributed by atoms with Crippen molar-refractivity contribution in [3.8, 4) is 0 Å². The van der Waals surface area contributed by atoms with Crippen LogP contribution in [0.3, 0.4) is 0 Å². The zero-order valence-electron chi connectivity index (χ0n) is 12.1. The van der Waals surface area contributed by atoms with Gasteiger partial charge in [0.15, 0.2) is 5.82 Å². The molecule has 1 saturated carbocycles. The minimum Gasteiger partial charge on any atom is -0.370 e. The van der Waals surface area contributed by atoms with Gasteiger partial charge in [-0.25, -0.2) is 4.98 Å². The fourth-order valence-corrected chi connectivity index (χ4v) is 2.96. The molecule has 0 aliphatic heterocycles. The number of methoxy groups -OCH3 is 1. The predicted octanol–water partition coefficient (Wildman–Crippen LogP) is 2.46. The summed E-state index contributed by atoms with van der Waals surface area (Å²) in [6.45, 7) is 4.36. The van der Waals surface area contributed by atoms with E-state index in [1.165, 1.54) is 6.42 Å². The average molecular weight is 264 g/mol. The molecule has 0 spiro atoms. The molecule has 5 heteroatoms. The summed E-state index contributed by atoms with van der Waals surface area (Å²) in [7, 11) is 1.75. The largest absolute Gasteiger partial charge is 0.370 e. The quantitative estimate of drug-likeness (QED) is 0.904. The van der Waals surface area contributed by atoms with Crippen molar-refractivity contribution < 1.29 is 4.74 Å². The Balaban J connectivity index is 2.36. The summed E-state index contributed by atoms with van der Waals surface area (Å²) in [5.41, 5.74) is 5.45. The van der Waals surface area contributed by atoms with E-state index < -0.39 is 0 Å². The van der Waals surface area contributed by atoms with Crippen LogP contribution in [0.1, 0.15) is 57.6 Å². The van der Waals surface area contributed by atoms with Crippen LogP contribution in [-0.4, -0.2) is 22.1 Å². The van der Waals surface area contributed by atoms with Crippen LogP contribution in [0.25, 0.3) is 0 Å². The molecule has 1 heterocycles. The van der Waals surface area contributed by atoms with Gasteiger partial charge in [-0.3, -0.25) is 0 Å². The number of hydrogen-bond donors (Lipinski definition) is 1. The van der Waals surface area contributed by atoms with E-state index in [0.29, 0.717) is 11.9 Å². The first-order chi connectivity index (χ1) is 9.09. The van der Waals surface area contributed by atoms with E-state index >= 15 is 0 Å². The van der Waals surface area contributed by atoms with Gasteiger partial charge in [0.2, 0.25) is 5.95 Å². The molecule has 1 fully saturated rings. The van der Waals surface area contributed by atoms with Crippen LogP contribution >= 0.6 is 0 Å². The average Bonchev–Trinajstić information content (AvgIpc) is 2.38. The molecule has 2 unspecified atom stereocenters. The number of hydrogen-bond acceptors (Lipinski definition) is 5. The molecule has 19 heavy (non-hydrogen) atoms. The van der Waals surface area contributed by atoms with Crippen LogP contribution in [0.4, 0.5) is 5.95 Å². The van der Waals surface area contributed by atoms with Gasteiger partial charge in [-0.15, -0.1) is 0 Å². The molecule has 2 atom stereocenters. The highest BCUT2D eigenvalue weighted by molar-refractivity contribution is 5.19. The standard InChI is InChI=1S/C14H24N4O/c1-4-6-11-16-12(18-13(15)17-11)14(19-3)8-5-7-10(2)9-14/h10H,4-9H2,1-3H3,(H2,15,16,17,18). The lowest BCUT2D eigenvalue weighted by atomic mass is 9.78. The van der Waals surface area contributed by atoms with E-state index in [4.69, 9.17) is 10.5 Å². The molecule has 0 aromatic carbocycles. The van der Waals surface area contributed by atoms with E-state index in [-0.39, 0.29) is 5.60 Å². The topological polar surface area (TPSA) is 73.9 Å². The second-order valence-electron chi connectivity index (χ2n) is 5.58. The first-order valence-corrected chi connectivity index (χ1v) is 7.15. The first kappa shape index (κ1) is 14.2. The third-order valence-electron chi connectivity index (χ3n) is 3.93. The van der Waals surface area contributed by atoms with Gasteiger partial charge >= 0.3 is 0 Å². The van der Waals surface area contributed by atoms with E-state index in [2.05, 4.69) is 28.8 Å². The van der Waals surface area contributed by atoms with Crippen LogP contribution in [0.2, 0.25) is 0 Å². The number of rotatable bonds is 4. The molecule has 2 rings (SSSR count). The van der Waals surface area contributed by atoms with Gasteiger partial charge in [0.1, 0.15) is 11.4 Å². The Morgan fingerprint density at radius 2 is 2.16 bits per heavy atom. The number of nitrogen functional groups attached to an aromatic ring is 1. The van der Waals surface area contributed by atoms with Crippen molar-refractivity contribution in [2.75, 3.05) is 12.8 Å². The molecule has 1 aliphatic carbocycles. The van der Waals surface area contributed by atoms with E-state index in [9.17, 15) is 0 Å². The van der Waals surface area contributed by atoms with E-state index in [1.54, 1.807) is 7.11 Å². The molecular formula is C14H24N4O. The third-order valence-corrected chi connectivity index (χ3v) is 3.93. The number of aromatic nitrogens is 3. The maximum absolute atomic E-state index is 5.83. The zero-order valence-corrected chi connectivity index (χ0v) is 12.1. The molecular weight excluding hydrogens is 240 g/mol. The number of nitrogens with zero attached hydrogens (tertiary/aromatic N) is 3. The van der Waals surface area contributed by atoms with Crippen molar-refractivity contribution in [3.05, 3.63) is 11.6 Å². The smallest absolute Gasteiger partial charge is 0.223 e. The summed E-state index contributed by atoms with van der Waals surface area (Å²) >= 11 is 0. The van der Waals surface area contributed by atoms with Crippen molar-refractivity contribution in [1.82, 2.24) is 15.0 Å². The van der Waals surface area contributed by atoms with Crippen molar-refractivity contribution in [2.24, 2.45) is 5.92 Å². The third kappa shape index (κ3) is 3.03. The van der Waals surface area contributed by atoms with Gasteiger partial charge in [-0.1, -0.05) is 20.3 Å². The normalized spacial score (nSPS) is 27.4. The summed E-state index contributed by atoms with van der Waals surface area (Å²) in [6.07, 6.45) is 6.13. The Morgan fingerprint density at radius 3 is 2.79 bits per heavy atom. The van der Waals surface area contributed by atoms with Crippen molar-refractivity contribution in [3.63, 3.8) is 0 Å². The first-order valence-electron chi connectivity index (χ1n) is 7.15. The van der Waals surface area contributed by atoms with E-state index in [0.717, 1.165) is 43.8 Å². The Morgan fingerprint density at radius 1 is 1.37 bits per heavy atom. The highest BCUT2D eigenvalue weighted by Crippen LogP contribution is 2.41. The lowest BCUT2D eigenvalue weighted by Gasteiger charge is -2.37. The lowest BCUT2D eigenvalue weighted by Crippen LogP contribution is -2.36. The fourth-order valence-electron chi connectivity index (χ4n) is 2.96. The Bertz CT molecular complexity index is 437. The van der Waals surface area contributed by atoms with Gasteiger partial charge in [0.05, 0.1) is 0 Å². The Labute approximate surface area is 115 Å². The summed E-state index contributed by atoms with van der Waals surface area (Å²) in [4.78, 5) is 13.1. The fraction of sp³-hybridized carbons (Fsp3) is 0.786. The molecule has 0 bridgehead atoms. The highest BCUT2D eigenvalue weighted by Gasteiger charge is 2.39. The molecule has 0 saturated heterocycles. The van der Waals surface area contributed by atoms with Gasteiger partial charge in [-0.2, -0.15) is 9.97 Å². The summed E-state index contributed by atoms with van der Waals surface area (Å²) < 4.78 is 5.82. The molecule has 1 aliphatic rings. The maximum Gasteiger partial charge on any atom is 0.223 e. The number of ether oxygens (including phenoxy) is 1. The lowest BCUT2D eigenvalue weighted by molar-refractivity contribution is -0.0648. The zero-order chi connectivity index (χ0) is 13.9. The second-order valence-corrected chi connectivity index (χ2v) is 5.58. The molecule has 1 aromatic heterocycles. The SMILES string of the molecule is CCCc1nc(N)nc(C2(OC)CCCC(C)C2)n1. The molecule has 0 radical (unpaired) electrons. The summed E-state index contributed by atoms with van der Waals surface area (Å²) in [5, 5.41) is 0.